The van der Waals surface area contributed by atoms with E-state index in [4.69, 9.17) is 10.1 Å². The number of phenolic OH excluding ortho intramolecular Hbond substituents is 1. The summed E-state index contributed by atoms with van der Waals surface area (Å²) in [5.41, 5.74) is 0.655. The predicted molar refractivity (Wildman–Crippen MR) is 39.7 cm³/mol. The monoisotopic (exact) mass is 136 g/mol. The van der Waals surface area contributed by atoms with E-state index in [1.54, 1.807) is 18.2 Å². The van der Waals surface area contributed by atoms with Crippen molar-refractivity contribution in [3.8, 4) is 5.75 Å². The van der Waals surface area contributed by atoms with Crippen LogP contribution >= 0.6 is 0 Å². The van der Waals surface area contributed by atoms with Crippen LogP contribution in [0.15, 0.2) is 24.3 Å². The lowest BCUT2D eigenvalue weighted by atomic mass is 10.2. The summed E-state index contributed by atoms with van der Waals surface area (Å²) in [5.74, 6) is 0.173. The van der Waals surface area contributed by atoms with Crippen LogP contribution in [0.1, 0.15) is 0 Å². The smallest absolute Gasteiger partial charge is 0.433 e. The van der Waals surface area contributed by atoms with Crippen molar-refractivity contribution in [2.75, 3.05) is 5.23 Å². The minimum Gasteiger partial charge on any atom is -0.508 e. The zero-order valence-corrected chi connectivity index (χ0v) is 5.28. The number of anilines is 1. The first-order valence-corrected chi connectivity index (χ1v) is 2.84. The van der Waals surface area contributed by atoms with E-state index < -0.39 is 0 Å². The van der Waals surface area contributed by atoms with Gasteiger partial charge in [-0.2, -0.15) is 0 Å². The van der Waals surface area contributed by atoms with Crippen molar-refractivity contribution in [2.45, 2.75) is 0 Å². The molecule has 0 fully saturated rings. The van der Waals surface area contributed by atoms with Crippen LogP contribution in [0.25, 0.3) is 0 Å². The summed E-state index contributed by atoms with van der Waals surface area (Å²) in [6, 6.07) is 6.48. The molecule has 0 heterocycles. The highest BCUT2D eigenvalue weighted by atomic mass is 16.3. The van der Waals surface area contributed by atoms with Crippen molar-refractivity contribution in [1.29, 1.82) is 0 Å². The number of phenols is 1. The van der Waals surface area contributed by atoms with Crippen molar-refractivity contribution >= 4 is 13.3 Å². The lowest BCUT2D eigenvalue weighted by molar-refractivity contribution is 0.475. The fourth-order valence-corrected chi connectivity index (χ4v) is 0.670. The highest BCUT2D eigenvalue weighted by Gasteiger charge is 1.91. The molecule has 1 aromatic carbocycles. The molecule has 0 atom stereocenters. The van der Waals surface area contributed by atoms with Gasteiger partial charge in [-0.25, -0.2) is 0 Å². The highest BCUT2D eigenvalue weighted by molar-refractivity contribution is 6.30. The normalized spacial score (nSPS) is 8.90. The molecule has 0 unspecified atom stereocenters. The van der Waals surface area contributed by atoms with Crippen LogP contribution in [0.3, 0.4) is 0 Å². The first-order chi connectivity index (χ1) is 4.83. The Balaban J connectivity index is 2.75. The van der Waals surface area contributed by atoms with Crippen LogP contribution in [-0.2, 0) is 0 Å². The standard InChI is InChI=1S/C6H7BNO2/c9-6-3-1-2-5(4-6)8-7-10/h1-4,8-10H. The molecule has 0 spiro atoms. The Morgan fingerprint density at radius 2 is 2.20 bits per heavy atom. The van der Waals surface area contributed by atoms with E-state index in [-0.39, 0.29) is 5.75 Å². The Hall–Kier alpha value is -1.16. The van der Waals surface area contributed by atoms with E-state index in [0.717, 1.165) is 7.62 Å². The fourth-order valence-electron chi connectivity index (χ4n) is 0.670. The third kappa shape index (κ3) is 1.67. The largest absolute Gasteiger partial charge is 0.508 e. The van der Waals surface area contributed by atoms with Gasteiger partial charge in [-0.05, 0) is 12.1 Å². The Morgan fingerprint density at radius 3 is 2.80 bits per heavy atom. The second kappa shape index (κ2) is 3.13. The maximum Gasteiger partial charge on any atom is 0.433 e. The number of hydrogen-bond donors (Lipinski definition) is 3. The lowest BCUT2D eigenvalue weighted by Crippen LogP contribution is -2.03. The minimum absolute atomic E-state index is 0.173. The molecule has 0 aromatic heterocycles. The summed E-state index contributed by atoms with van der Waals surface area (Å²) in [6.07, 6.45) is 0. The first-order valence-electron chi connectivity index (χ1n) is 2.84. The predicted octanol–water partition coefficient (Wildman–Crippen LogP) is 0.331. The van der Waals surface area contributed by atoms with Crippen LogP contribution in [-0.4, -0.2) is 17.7 Å². The second-order valence-electron chi connectivity index (χ2n) is 1.82. The molecule has 0 aliphatic carbocycles. The van der Waals surface area contributed by atoms with E-state index in [1.807, 2.05) is 0 Å². The molecular formula is C6H7BNO2. The first kappa shape index (κ1) is 6.96. The molecule has 4 heteroatoms. The molecule has 3 nitrogen and oxygen atoms in total. The van der Waals surface area contributed by atoms with E-state index >= 15 is 0 Å². The third-order valence-electron chi connectivity index (χ3n) is 1.08. The molecule has 0 saturated carbocycles. The van der Waals surface area contributed by atoms with Crippen molar-refractivity contribution in [3.63, 3.8) is 0 Å². The summed E-state index contributed by atoms with van der Waals surface area (Å²) < 4.78 is 0. The molecule has 1 radical (unpaired) electrons. The number of hydrogen-bond acceptors (Lipinski definition) is 3. The average molecular weight is 136 g/mol. The average Bonchev–Trinajstić information content (AvgIpc) is 1.88. The van der Waals surface area contributed by atoms with E-state index in [1.165, 1.54) is 6.07 Å². The molecule has 0 amide bonds. The topological polar surface area (TPSA) is 52.5 Å². The van der Waals surface area contributed by atoms with Gasteiger partial charge in [0.1, 0.15) is 5.75 Å². The minimum atomic E-state index is 0.173. The molecule has 1 aromatic rings. The summed E-state index contributed by atoms with van der Waals surface area (Å²) in [7, 11) is 0.814. The van der Waals surface area contributed by atoms with Gasteiger partial charge in [-0.3, -0.25) is 0 Å². The Kier molecular flexibility index (Phi) is 2.17. The number of benzene rings is 1. The van der Waals surface area contributed by atoms with Gasteiger partial charge in [0.25, 0.3) is 0 Å². The zero-order chi connectivity index (χ0) is 7.40. The molecule has 1 rings (SSSR count). The molecular weight excluding hydrogens is 129 g/mol. The van der Waals surface area contributed by atoms with E-state index in [9.17, 15) is 0 Å². The Labute approximate surface area is 59.6 Å². The van der Waals surface area contributed by atoms with Crippen molar-refractivity contribution < 1.29 is 10.1 Å². The summed E-state index contributed by atoms with van der Waals surface area (Å²) in [6.45, 7) is 0. The van der Waals surface area contributed by atoms with Gasteiger partial charge in [-0.15, -0.1) is 0 Å². The number of nitrogens with one attached hydrogen (secondary N) is 1. The molecule has 0 bridgehead atoms. The van der Waals surface area contributed by atoms with Gasteiger partial charge in [0.15, 0.2) is 0 Å². The van der Waals surface area contributed by atoms with Crippen LogP contribution in [0.4, 0.5) is 5.69 Å². The van der Waals surface area contributed by atoms with Crippen LogP contribution in [0, 0.1) is 0 Å². The van der Waals surface area contributed by atoms with Gasteiger partial charge in [0, 0.05) is 11.8 Å². The summed E-state index contributed by atoms with van der Waals surface area (Å²) >= 11 is 0. The number of aromatic hydroxyl groups is 1. The molecule has 51 valence electrons. The van der Waals surface area contributed by atoms with Gasteiger partial charge < -0.3 is 15.4 Å². The molecule has 0 aliphatic rings. The second-order valence-corrected chi connectivity index (χ2v) is 1.82. The molecule has 10 heavy (non-hydrogen) atoms. The third-order valence-corrected chi connectivity index (χ3v) is 1.08. The van der Waals surface area contributed by atoms with Crippen molar-refractivity contribution in [3.05, 3.63) is 24.3 Å². The SMILES string of the molecule is O[B]Nc1cccc(O)c1. The van der Waals surface area contributed by atoms with E-state index in [0.29, 0.717) is 5.69 Å². The molecule has 0 saturated heterocycles. The Bertz CT molecular complexity index is 217. The Morgan fingerprint density at radius 1 is 1.40 bits per heavy atom. The maximum absolute atomic E-state index is 8.90. The quantitative estimate of drug-likeness (QED) is 0.513. The van der Waals surface area contributed by atoms with Gasteiger partial charge in [-0.1, -0.05) is 6.07 Å². The lowest BCUT2D eigenvalue weighted by Gasteiger charge is -1.99. The molecule has 3 N–H and O–H groups in total. The van der Waals surface area contributed by atoms with Crippen LogP contribution in [0.2, 0.25) is 0 Å². The summed E-state index contributed by atoms with van der Waals surface area (Å²) in [4.78, 5) is 0. The van der Waals surface area contributed by atoms with E-state index in [2.05, 4.69) is 5.23 Å². The van der Waals surface area contributed by atoms with Crippen molar-refractivity contribution in [1.82, 2.24) is 0 Å². The van der Waals surface area contributed by atoms with Crippen LogP contribution < -0.4 is 5.23 Å². The van der Waals surface area contributed by atoms with Gasteiger partial charge >= 0.3 is 7.62 Å². The van der Waals surface area contributed by atoms with Crippen molar-refractivity contribution in [2.24, 2.45) is 0 Å². The number of rotatable bonds is 2. The fraction of sp³-hybridized carbons (Fsp3) is 0. The highest BCUT2D eigenvalue weighted by Crippen LogP contribution is 2.14. The summed E-state index contributed by atoms with van der Waals surface area (Å²) in [5, 5.41) is 19.7. The van der Waals surface area contributed by atoms with Gasteiger partial charge in [0.2, 0.25) is 0 Å². The maximum atomic E-state index is 8.90. The van der Waals surface area contributed by atoms with Gasteiger partial charge in [0.05, 0.1) is 0 Å². The molecule has 0 aliphatic heterocycles. The zero-order valence-electron chi connectivity index (χ0n) is 5.28. The van der Waals surface area contributed by atoms with Crippen LogP contribution in [0.5, 0.6) is 5.75 Å².